The number of nitrogens with zero attached hydrogens (tertiary/aromatic N) is 2. The molecule has 0 amide bonds. The second-order valence-electron chi connectivity index (χ2n) is 5.18. The third kappa shape index (κ3) is 5.57. The highest BCUT2D eigenvalue weighted by molar-refractivity contribution is 5.61. The first-order valence-electron chi connectivity index (χ1n) is 7.73. The van der Waals surface area contributed by atoms with Gasteiger partial charge in [0.05, 0.1) is 11.4 Å². The molecule has 2 aromatic rings. The molecule has 0 spiro atoms. The molecular formula is C20H22N4. The smallest absolute Gasteiger partial charge is 0.0858 e. The van der Waals surface area contributed by atoms with E-state index in [1.54, 1.807) is 0 Å². The van der Waals surface area contributed by atoms with E-state index in [1.165, 1.54) is 0 Å². The summed E-state index contributed by atoms with van der Waals surface area (Å²) in [5, 5.41) is 14.7. The first kappa shape index (κ1) is 17.2. The predicted octanol–water partition coefficient (Wildman–Crippen LogP) is 5.71. The number of hydrogen-bond acceptors (Lipinski definition) is 4. The van der Waals surface area contributed by atoms with E-state index in [1.807, 2.05) is 86.9 Å². The molecule has 4 nitrogen and oxygen atoms in total. The van der Waals surface area contributed by atoms with Crippen molar-refractivity contribution in [2.24, 2.45) is 10.2 Å². The largest absolute Gasteiger partial charge is 0.394 e. The lowest BCUT2D eigenvalue weighted by Gasteiger charge is -2.05. The van der Waals surface area contributed by atoms with Crippen LogP contribution in [0.15, 0.2) is 101 Å². The molecule has 0 aliphatic rings. The van der Waals surface area contributed by atoms with Crippen molar-refractivity contribution >= 4 is 17.1 Å². The third-order valence-electron chi connectivity index (χ3n) is 3.28. The van der Waals surface area contributed by atoms with E-state index in [-0.39, 0.29) is 0 Å². The number of nitrogens with one attached hydrogen (secondary N) is 2. The zero-order valence-corrected chi connectivity index (χ0v) is 14.0. The van der Waals surface area contributed by atoms with Crippen molar-refractivity contribution in [1.82, 2.24) is 5.32 Å². The highest BCUT2D eigenvalue weighted by Crippen LogP contribution is 2.21. The maximum atomic E-state index is 4.22. The van der Waals surface area contributed by atoms with Crippen molar-refractivity contribution in [1.29, 1.82) is 0 Å². The summed E-state index contributed by atoms with van der Waals surface area (Å²) >= 11 is 0. The summed E-state index contributed by atoms with van der Waals surface area (Å²) in [5.74, 6) is 0. The molecule has 0 saturated carbocycles. The van der Waals surface area contributed by atoms with Crippen LogP contribution in [-0.2, 0) is 0 Å². The third-order valence-corrected chi connectivity index (χ3v) is 3.28. The van der Waals surface area contributed by atoms with Crippen LogP contribution in [0.4, 0.5) is 17.1 Å². The minimum atomic E-state index is 0.641. The lowest BCUT2D eigenvalue weighted by molar-refractivity contribution is 1.10. The zero-order valence-electron chi connectivity index (χ0n) is 14.0. The fourth-order valence-corrected chi connectivity index (χ4v) is 1.88. The van der Waals surface area contributed by atoms with Crippen LogP contribution < -0.4 is 10.6 Å². The van der Waals surface area contributed by atoms with Gasteiger partial charge >= 0.3 is 0 Å². The molecule has 24 heavy (non-hydrogen) atoms. The van der Waals surface area contributed by atoms with E-state index >= 15 is 0 Å². The van der Waals surface area contributed by atoms with Crippen LogP contribution >= 0.6 is 0 Å². The Hall–Kier alpha value is -3.14. The van der Waals surface area contributed by atoms with Crippen LogP contribution in [0.1, 0.15) is 6.92 Å². The highest BCUT2D eigenvalue weighted by atomic mass is 15.1. The van der Waals surface area contributed by atoms with E-state index in [2.05, 4.69) is 27.4 Å². The SMILES string of the molecule is C=C(N=Nc1ccc(Nc2ccccc2)cc1)/C(C)=C\C=C/NC. The average Bonchev–Trinajstić information content (AvgIpc) is 2.62. The molecular weight excluding hydrogens is 296 g/mol. The van der Waals surface area contributed by atoms with Crippen molar-refractivity contribution < 1.29 is 0 Å². The number of para-hydroxylation sites is 1. The molecule has 0 atom stereocenters. The molecule has 0 fully saturated rings. The monoisotopic (exact) mass is 318 g/mol. The summed E-state index contributed by atoms with van der Waals surface area (Å²) in [4.78, 5) is 0. The molecule has 2 N–H and O–H groups in total. The molecule has 0 aromatic heterocycles. The van der Waals surface area contributed by atoms with Crippen LogP contribution in [0, 0.1) is 0 Å². The quantitative estimate of drug-likeness (QED) is 0.507. The number of benzene rings is 2. The molecule has 4 heteroatoms. The van der Waals surface area contributed by atoms with Gasteiger partial charge in [0.15, 0.2) is 0 Å². The summed E-state index contributed by atoms with van der Waals surface area (Å²) < 4.78 is 0. The maximum Gasteiger partial charge on any atom is 0.0858 e. The van der Waals surface area contributed by atoms with E-state index in [4.69, 9.17) is 0 Å². The molecule has 0 unspecified atom stereocenters. The van der Waals surface area contributed by atoms with Crippen LogP contribution in [0.2, 0.25) is 0 Å². The molecule has 0 saturated heterocycles. The minimum absolute atomic E-state index is 0.641. The topological polar surface area (TPSA) is 48.8 Å². The van der Waals surface area contributed by atoms with Gasteiger partial charge in [0.25, 0.3) is 0 Å². The number of allylic oxidation sites excluding steroid dienone is 3. The Morgan fingerprint density at radius 2 is 1.67 bits per heavy atom. The molecule has 0 heterocycles. The molecule has 122 valence electrons. The fraction of sp³-hybridized carbons (Fsp3) is 0.100. The van der Waals surface area contributed by atoms with Gasteiger partial charge in [-0.3, -0.25) is 0 Å². The number of azo groups is 1. The fourth-order valence-electron chi connectivity index (χ4n) is 1.88. The van der Waals surface area contributed by atoms with Gasteiger partial charge in [-0.05, 0) is 61.2 Å². The summed E-state index contributed by atoms with van der Waals surface area (Å²) in [6, 6.07) is 17.8. The Morgan fingerprint density at radius 3 is 2.33 bits per heavy atom. The van der Waals surface area contributed by atoms with E-state index < -0.39 is 0 Å². The predicted molar refractivity (Wildman–Crippen MR) is 102 cm³/mol. The van der Waals surface area contributed by atoms with E-state index in [0.29, 0.717) is 5.70 Å². The van der Waals surface area contributed by atoms with Crippen LogP contribution in [0.3, 0.4) is 0 Å². The molecule has 2 rings (SSSR count). The van der Waals surface area contributed by atoms with Crippen molar-refractivity contribution in [3.63, 3.8) is 0 Å². The van der Waals surface area contributed by atoms with Gasteiger partial charge in [0, 0.05) is 18.4 Å². The lowest BCUT2D eigenvalue weighted by atomic mass is 10.2. The van der Waals surface area contributed by atoms with Crippen molar-refractivity contribution in [2.45, 2.75) is 6.92 Å². The summed E-state index contributed by atoms with van der Waals surface area (Å²) in [5.41, 5.74) is 4.45. The molecule has 0 aliphatic carbocycles. The van der Waals surface area contributed by atoms with Crippen LogP contribution in [0.25, 0.3) is 0 Å². The molecule has 0 aliphatic heterocycles. The van der Waals surface area contributed by atoms with E-state index in [0.717, 1.165) is 22.6 Å². The van der Waals surface area contributed by atoms with Crippen molar-refractivity contribution in [3.8, 4) is 0 Å². The van der Waals surface area contributed by atoms with Crippen molar-refractivity contribution in [3.05, 3.63) is 90.8 Å². The van der Waals surface area contributed by atoms with Gasteiger partial charge in [-0.1, -0.05) is 30.9 Å². The lowest BCUT2D eigenvalue weighted by Crippen LogP contribution is -1.90. The Morgan fingerprint density at radius 1 is 1.00 bits per heavy atom. The van der Waals surface area contributed by atoms with Gasteiger partial charge < -0.3 is 10.6 Å². The minimum Gasteiger partial charge on any atom is -0.394 e. The van der Waals surface area contributed by atoms with Crippen LogP contribution in [-0.4, -0.2) is 7.05 Å². The first-order chi connectivity index (χ1) is 11.7. The number of rotatable bonds is 7. The van der Waals surface area contributed by atoms with Gasteiger partial charge in [-0.2, -0.15) is 10.2 Å². The second-order valence-corrected chi connectivity index (χ2v) is 5.18. The summed E-state index contributed by atoms with van der Waals surface area (Å²) in [6.45, 7) is 5.88. The summed E-state index contributed by atoms with van der Waals surface area (Å²) in [6.07, 6.45) is 5.68. The van der Waals surface area contributed by atoms with Crippen molar-refractivity contribution in [2.75, 3.05) is 12.4 Å². The molecule has 0 bridgehead atoms. The Kier molecular flexibility index (Phi) is 6.53. The Bertz CT molecular complexity index is 741. The Balaban J connectivity index is 1.97. The first-order valence-corrected chi connectivity index (χ1v) is 7.73. The summed E-state index contributed by atoms with van der Waals surface area (Å²) in [7, 11) is 1.85. The standard InChI is InChI=1S/C20H22N4/c1-16(8-7-15-21-3)17(2)23-24-20-13-11-19(12-14-20)22-18-9-5-4-6-10-18/h4-15,21-22H,2H2,1,3H3/b15-7-,16-8-,24-23?. The highest BCUT2D eigenvalue weighted by Gasteiger charge is 1.96. The van der Waals surface area contributed by atoms with Gasteiger partial charge in [0.1, 0.15) is 0 Å². The maximum absolute atomic E-state index is 4.22. The normalized spacial score (nSPS) is 11.8. The van der Waals surface area contributed by atoms with Gasteiger partial charge in [-0.15, -0.1) is 0 Å². The number of hydrogen-bond donors (Lipinski definition) is 2. The van der Waals surface area contributed by atoms with Crippen LogP contribution in [0.5, 0.6) is 0 Å². The van der Waals surface area contributed by atoms with Gasteiger partial charge in [0.2, 0.25) is 0 Å². The van der Waals surface area contributed by atoms with Gasteiger partial charge in [-0.25, -0.2) is 0 Å². The zero-order chi connectivity index (χ0) is 17.2. The molecule has 2 aromatic carbocycles. The molecule has 0 radical (unpaired) electrons. The number of anilines is 2. The van der Waals surface area contributed by atoms with E-state index in [9.17, 15) is 0 Å². The second kappa shape index (κ2) is 9.10. The Labute approximate surface area is 143 Å². The average molecular weight is 318 g/mol.